The van der Waals surface area contributed by atoms with Crippen LogP contribution in [0.25, 0.3) is 38.0 Å². The van der Waals surface area contributed by atoms with E-state index in [0.717, 1.165) is 21.7 Å². The maximum atomic E-state index is 11.7. The van der Waals surface area contributed by atoms with Crippen molar-refractivity contribution in [2.45, 2.75) is 6.61 Å². The van der Waals surface area contributed by atoms with Gasteiger partial charge < -0.3 is 23.4 Å². The summed E-state index contributed by atoms with van der Waals surface area (Å²) in [6.07, 6.45) is 1.79. The van der Waals surface area contributed by atoms with Gasteiger partial charge in [0.2, 0.25) is 4.96 Å². The number of fused-ring (bicyclic) bond motifs is 2. The fourth-order valence-electron chi connectivity index (χ4n) is 3.85. The molecule has 4 heterocycles. The zero-order valence-electron chi connectivity index (χ0n) is 20.5. The van der Waals surface area contributed by atoms with Gasteiger partial charge in [-0.25, -0.2) is 19.3 Å². The van der Waals surface area contributed by atoms with E-state index in [0.29, 0.717) is 44.3 Å². The first-order valence-corrected chi connectivity index (χ1v) is 13.0. The molecule has 0 spiro atoms. The van der Waals surface area contributed by atoms with Gasteiger partial charge in [-0.2, -0.15) is 0 Å². The SMILES string of the molecule is COC(=O)c1ccc(-c2nc(COc3cc(OC)cc4oc(-c5cn6nc(OC)sc6n5)cc34)cs2)cc1. The molecule has 0 aliphatic rings. The van der Waals surface area contributed by atoms with Gasteiger partial charge in [0.25, 0.3) is 5.19 Å². The van der Waals surface area contributed by atoms with E-state index in [1.54, 1.807) is 37.1 Å². The average Bonchev–Trinajstić information content (AvgIpc) is 3.73. The van der Waals surface area contributed by atoms with Crippen molar-refractivity contribution in [1.82, 2.24) is 19.6 Å². The van der Waals surface area contributed by atoms with Crippen LogP contribution in [0.2, 0.25) is 0 Å². The summed E-state index contributed by atoms with van der Waals surface area (Å²) in [5, 5.41) is 8.41. The number of rotatable bonds is 8. The molecule has 4 aromatic heterocycles. The predicted molar refractivity (Wildman–Crippen MR) is 142 cm³/mol. The molecule has 0 fully saturated rings. The molecule has 6 aromatic rings. The molecule has 0 amide bonds. The highest BCUT2D eigenvalue weighted by atomic mass is 32.1. The van der Waals surface area contributed by atoms with Crippen LogP contribution in [0.4, 0.5) is 0 Å². The summed E-state index contributed by atoms with van der Waals surface area (Å²) in [6, 6.07) is 12.7. The Morgan fingerprint density at radius 1 is 1.05 bits per heavy atom. The molecule has 192 valence electrons. The van der Waals surface area contributed by atoms with Crippen LogP contribution >= 0.6 is 22.7 Å². The van der Waals surface area contributed by atoms with E-state index < -0.39 is 0 Å². The number of aromatic nitrogens is 4. The third kappa shape index (κ3) is 4.44. The maximum Gasteiger partial charge on any atom is 0.337 e. The fourth-order valence-corrected chi connectivity index (χ4v) is 5.36. The molecule has 12 heteroatoms. The number of carbonyl (C=O) groups is 1. The smallest absolute Gasteiger partial charge is 0.337 e. The van der Waals surface area contributed by atoms with Crippen LogP contribution < -0.4 is 14.2 Å². The number of hydrogen-bond donors (Lipinski definition) is 0. The predicted octanol–water partition coefficient (Wildman–Crippen LogP) is 5.71. The van der Waals surface area contributed by atoms with Gasteiger partial charge in [0.1, 0.15) is 34.4 Å². The van der Waals surface area contributed by atoms with E-state index in [9.17, 15) is 4.79 Å². The zero-order chi connectivity index (χ0) is 26.2. The standard InChI is InChI=1S/C26H20N4O6S2/c1-32-17-8-20(35-12-16-13-37-23(27-16)14-4-6-15(7-5-14)24(31)33-2)18-10-22(36-21(18)9-17)19-11-30-25(28-19)38-26(29-30)34-3/h4-11,13H,12H2,1-3H3. The van der Waals surface area contributed by atoms with Crippen LogP contribution in [0.3, 0.4) is 0 Å². The minimum atomic E-state index is -0.374. The number of furan rings is 1. The summed E-state index contributed by atoms with van der Waals surface area (Å²) in [4.78, 5) is 21.7. The molecule has 0 aliphatic heterocycles. The van der Waals surface area contributed by atoms with Crippen molar-refractivity contribution in [1.29, 1.82) is 0 Å². The second-order valence-corrected chi connectivity index (χ2v) is 9.85. The minimum Gasteiger partial charge on any atom is -0.496 e. The van der Waals surface area contributed by atoms with Gasteiger partial charge in [-0.15, -0.1) is 16.4 Å². The maximum absolute atomic E-state index is 11.7. The van der Waals surface area contributed by atoms with Gasteiger partial charge >= 0.3 is 5.97 Å². The Hall–Kier alpha value is -4.42. The number of nitrogens with zero attached hydrogens (tertiary/aromatic N) is 4. The van der Waals surface area contributed by atoms with Crippen molar-refractivity contribution in [3.63, 3.8) is 0 Å². The van der Waals surface area contributed by atoms with Crippen molar-refractivity contribution < 1.29 is 28.2 Å². The summed E-state index contributed by atoms with van der Waals surface area (Å²) in [7, 11) is 4.53. The highest BCUT2D eigenvalue weighted by molar-refractivity contribution is 7.18. The van der Waals surface area contributed by atoms with Gasteiger partial charge in [-0.1, -0.05) is 12.1 Å². The van der Waals surface area contributed by atoms with Crippen molar-refractivity contribution in [2.24, 2.45) is 0 Å². The quantitative estimate of drug-likeness (QED) is 0.221. The molecule has 6 rings (SSSR count). The Morgan fingerprint density at radius 2 is 1.89 bits per heavy atom. The first-order chi connectivity index (χ1) is 18.5. The molecule has 0 saturated carbocycles. The lowest BCUT2D eigenvalue weighted by Gasteiger charge is -2.08. The Balaban J connectivity index is 1.24. The number of methoxy groups -OCH3 is 3. The molecule has 0 atom stereocenters. The van der Waals surface area contributed by atoms with Crippen LogP contribution in [0, 0.1) is 0 Å². The van der Waals surface area contributed by atoms with Crippen LogP contribution in [0.15, 0.2) is 58.5 Å². The summed E-state index contributed by atoms with van der Waals surface area (Å²) in [5.74, 6) is 1.42. The van der Waals surface area contributed by atoms with E-state index in [2.05, 4.69) is 10.1 Å². The van der Waals surface area contributed by atoms with Crippen molar-refractivity contribution in [3.05, 3.63) is 65.3 Å². The molecule has 0 saturated heterocycles. The highest BCUT2D eigenvalue weighted by Gasteiger charge is 2.18. The molecule has 0 aliphatic carbocycles. The first-order valence-electron chi connectivity index (χ1n) is 11.3. The monoisotopic (exact) mass is 548 g/mol. The number of hydrogen-bond acceptors (Lipinski definition) is 11. The van der Waals surface area contributed by atoms with E-state index in [1.807, 2.05) is 35.7 Å². The number of ether oxygens (including phenoxy) is 4. The van der Waals surface area contributed by atoms with E-state index in [4.69, 9.17) is 28.3 Å². The van der Waals surface area contributed by atoms with E-state index in [-0.39, 0.29) is 12.6 Å². The average molecular weight is 549 g/mol. The minimum absolute atomic E-state index is 0.253. The van der Waals surface area contributed by atoms with Crippen LogP contribution in [-0.2, 0) is 11.3 Å². The highest BCUT2D eigenvalue weighted by Crippen LogP contribution is 2.38. The Bertz CT molecular complexity index is 1730. The molecule has 0 bridgehead atoms. The lowest BCUT2D eigenvalue weighted by atomic mass is 10.1. The number of thiazole rings is 1. The van der Waals surface area contributed by atoms with Crippen molar-refractivity contribution in [2.75, 3.05) is 21.3 Å². The number of esters is 1. The molecule has 38 heavy (non-hydrogen) atoms. The third-order valence-electron chi connectivity index (χ3n) is 5.74. The summed E-state index contributed by atoms with van der Waals surface area (Å²) >= 11 is 2.84. The summed E-state index contributed by atoms with van der Waals surface area (Å²) in [5.41, 5.74) is 3.43. The fraction of sp³-hybridized carbons (Fsp3) is 0.154. The first kappa shape index (κ1) is 23.9. The lowest BCUT2D eigenvalue weighted by Crippen LogP contribution is -2.00. The topological polar surface area (TPSA) is 110 Å². The van der Waals surface area contributed by atoms with Crippen molar-refractivity contribution in [3.8, 4) is 38.7 Å². The molecule has 0 unspecified atom stereocenters. The van der Waals surface area contributed by atoms with E-state index >= 15 is 0 Å². The number of carbonyl (C=O) groups excluding carboxylic acids is 1. The molecule has 10 nitrogen and oxygen atoms in total. The molecular formula is C26H20N4O6S2. The molecule has 0 radical (unpaired) electrons. The number of imidazole rings is 1. The van der Waals surface area contributed by atoms with Crippen LogP contribution in [-0.4, -0.2) is 46.9 Å². The largest absolute Gasteiger partial charge is 0.496 e. The van der Waals surface area contributed by atoms with Gasteiger partial charge in [0, 0.05) is 23.1 Å². The van der Waals surface area contributed by atoms with Gasteiger partial charge in [-0.05, 0) is 29.5 Å². The third-order valence-corrected chi connectivity index (χ3v) is 7.56. The van der Waals surface area contributed by atoms with Crippen LogP contribution in [0.1, 0.15) is 16.1 Å². The Kier molecular flexibility index (Phi) is 6.18. The lowest BCUT2D eigenvalue weighted by molar-refractivity contribution is 0.0600. The normalized spacial score (nSPS) is 11.2. The van der Waals surface area contributed by atoms with Gasteiger partial charge in [0.05, 0.1) is 44.2 Å². The summed E-state index contributed by atoms with van der Waals surface area (Å²) < 4.78 is 29.3. The van der Waals surface area contributed by atoms with Gasteiger partial charge in [-0.3, -0.25) is 0 Å². The molecule has 0 N–H and O–H groups in total. The number of benzene rings is 2. The van der Waals surface area contributed by atoms with Gasteiger partial charge in [0.15, 0.2) is 5.76 Å². The molecular weight excluding hydrogens is 528 g/mol. The zero-order valence-corrected chi connectivity index (χ0v) is 22.1. The van der Waals surface area contributed by atoms with Crippen LogP contribution in [0.5, 0.6) is 16.7 Å². The Labute approximate surface area is 224 Å². The second kappa shape index (κ2) is 9.80. The van der Waals surface area contributed by atoms with Crippen molar-refractivity contribution >= 4 is 44.6 Å². The second-order valence-electron chi connectivity index (χ2n) is 8.07. The Morgan fingerprint density at radius 3 is 2.63 bits per heavy atom. The molecule has 2 aromatic carbocycles. The van der Waals surface area contributed by atoms with E-state index in [1.165, 1.54) is 29.8 Å². The summed E-state index contributed by atoms with van der Waals surface area (Å²) in [6.45, 7) is 0.253.